The van der Waals surface area contributed by atoms with E-state index in [2.05, 4.69) is 5.43 Å². The highest BCUT2D eigenvalue weighted by molar-refractivity contribution is 8.26. The summed E-state index contributed by atoms with van der Waals surface area (Å²) in [5, 5.41) is 1.11. The van der Waals surface area contributed by atoms with E-state index in [-0.39, 0.29) is 22.2 Å². The van der Waals surface area contributed by atoms with Gasteiger partial charge in [0.1, 0.15) is 5.75 Å². The van der Waals surface area contributed by atoms with Crippen LogP contribution in [0.15, 0.2) is 59.5 Å². The number of nitrogens with zero attached hydrogens (tertiary/aromatic N) is 1. The number of benzene rings is 2. The van der Waals surface area contributed by atoms with Crippen LogP contribution in [0.4, 0.5) is 0 Å². The van der Waals surface area contributed by atoms with Gasteiger partial charge in [-0.25, -0.2) is 0 Å². The minimum Gasteiger partial charge on any atom is -0.491 e. The Balaban J connectivity index is 1.71. The number of carbonyl (C=O) groups excluding carboxylic acids is 2. The molecule has 0 radical (unpaired) electrons. The molecule has 7 heteroatoms. The van der Waals surface area contributed by atoms with Crippen LogP contribution >= 0.6 is 24.0 Å². The lowest BCUT2D eigenvalue weighted by atomic mass is 10.2. The molecular formula is C20H18N2O3S2. The molecule has 0 unspecified atom stereocenters. The Kier molecular flexibility index (Phi) is 5.93. The molecule has 1 N–H and O–H groups in total. The van der Waals surface area contributed by atoms with Gasteiger partial charge in [0.25, 0.3) is 11.8 Å². The predicted molar refractivity (Wildman–Crippen MR) is 111 cm³/mol. The topological polar surface area (TPSA) is 58.6 Å². The number of thioether (sulfide) groups is 1. The Bertz CT molecular complexity index is 893. The van der Waals surface area contributed by atoms with Gasteiger partial charge in [0, 0.05) is 5.56 Å². The van der Waals surface area contributed by atoms with E-state index in [0.29, 0.717) is 10.5 Å². The Labute approximate surface area is 167 Å². The van der Waals surface area contributed by atoms with Gasteiger partial charge in [-0.15, -0.1) is 0 Å². The Morgan fingerprint density at radius 1 is 1.15 bits per heavy atom. The summed E-state index contributed by atoms with van der Waals surface area (Å²) in [6, 6.07) is 16.1. The van der Waals surface area contributed by atoms with E-state index in [4.69, 9.17) is 17.0 Å². The number of thiocarbonyl (C=S) groups is 1. The van der Waals surface area contributed by atoms with Gasteiger partial charge in [0.15, 0.2) is 4.32 Å². The molecule has 2 amide bonds. The highest BCUT2D eigenvalue weighted by Crippen LogP contribution is 2.31. The molecule has 3 rings (SSSR count). The van der Waals surface area contributed by atoms with Gasteiger partial charge in [0.05, 0.1) is 11.0 Å². The number of ether oxygens (including phenoxy) is 1. The fourth-order valence-corrected chi connectivity index (χ4v) is 3.57. The summed E-state index contributed by atoms with van der Waals surface area (Å²) in [5.41, 5.74) is 3.87. The predicted octanol–water partition coefficient (Wildman–Crippen LogP) is 4.02. The van der Waals surface area contributed by atoms with Crippen molar-refractivity contribution in [2.24, 2.45) is 0 Å². The van der Waals surface area contributed by atoms with E-state index >= 15 is 0 Å². The summed E-state index contributed by atoms with van der Waals surface area (Å²) >= 11 is 6.39. The van der Waals surface area contributed by atoms with Crippen molar-refractivity contribution in [3.63, 3.8) is 0 Å². The highest BCUT2D eigenvalue weighted by Gasteiger charge is 2.33. The van der Waals surface area contributed by atoms with Crippen LogP contribution in [0.3, 0.4) is 0 Å². The monoisotopic (exact) mass is 398 g/mol. The van der Waals surface area contributed by atoms with Crippen molar-refractivity contribution in [2.45, 2.75) is 20.0 Å². The van der Waals surface area contributed by atoms with Crippen LogP contribution in [0.5, 0.6) is 5.75 Å². The van der Waals surface area contributed by atoms with E-state index in [9.17, 15) is 9.59 Å². The van der Waals surface area contributed by atoms with E-state index in [1.54, 1.807) is 30.3 Å². The Morgan fingerprint density at radius 3 is 2.44 bits per heavy atom. The molecular weight excluding hydrogens is 380 g/mol. The number of amides is 2. The minimum atomic E-state index is -0.386. The van der Waals surface area contributed by atoms with Crippen LogP contribution < -0.4 is 10.2 Å². The molecule has 0 aromatic heterocycles. The van der Waals surface area contributed by atoms with E-state index < -0.39 is 0 Å². The molecule has 138 valence electrons. The van der Waals surface area contributed by atoms with Gasteiger partial charge in [0.2, 0.25) is 0 Å². The zero-order chi connectivity index (χ0) is 19.4. The number of hydrazine groups is 1. The van der Waals surface area contributed by atoms with Gasteiger partial charge in [-0.1, -0.05) is 42.1 Å². The number of carbonyl (C=O) groups is 2. The number of rotatable bonds is 5. The molecule has 1 fully saturated rings. The summed E-state index contributed by atoms with van der Waals surface area (Å²) < 4.78 is 5.90. The summed E-state index contributed by atoms with van der Waals surface area (Å²) in [6.07, 6.45) is 1.84. The fraction of sp³-hybridized carbons (Fsp3) is 0.150. The minimum absolute atomic E-state index is 0.0975. The summed E-state index contributed by atoms with van der Waals surface area (Å²) in [4.78, 5) is 25.3. The standard InChI is InChI=1S/C20H18N2O3S2/c1-13(2)25-16-10-8-14(9-11-16)12-17-19(24)22(20(26)27-17)21-18(23)15-6-4-3-5-7-15/h3-13H,1-2H3,(H,21,23)/b17-12-. The maximum Gasteiger partial charge on any atom is 0.285 e. The van der Waals surface area contributed by atoms with E-state index in [0.717, 1.165) is 28.1 Å². The van der Waals surface area contributed by atoms with Gasteiger partial charge >= 0.3 is 0 Å². The molecule has 1 heterocycles. The molecule has 1 aliphatic heterocycles. The van der Waals surface area contributed by atoms with Gasteiger partial charge in [-0.05, 0) is 62.0 Å². The number of nitrogens with one attached hydrogen (secondary N) is 1. The SMILES string of the molecule is CC(C)Oc1ccc(/C=C2\SC(=S)N(NC(=O)c3ccccc3)C2=O)cc1. The first kappa shape index (κ1) is 19.1. The molecule has 1 aliphatic rings. The normalized spacial score (nSPS) is 15.5. The lowest BCUT2D eigenvalue weighted by Gasteiger charge is -2.15. The Morgan fingerprint density at radius 2 is 1.81 bits per heavy atom. The smallest absolute Gasteiger partial charge is 0.285 e. The molecule has 27 heavy (non-hydrogen) atoms. The maximum absolute atomic E-state index is 12.6. The molecule has 1 saturated heterocycles. The van der Waals surface area contributed by atoms with Crippen molar-refractivity contribution in [1.82, 2.24) is 10.4 Å². The fourth-order valence-electron chi connectivity index (χ4n) is 2.39. The van der Waals surface area contributed by atoms with Gasteiger partial charge in [-0.2, -0.15) is 5.01 Å². The van der Waals surface area contributed by atoms with Crippen LogP contribution in [0.2, 0.25) is 0 Å². The third-order valence-corrected chi connectivity index (χ3v) is 4.89. The van der Waals surface area contributed by atoms with Crippen molar-refractivity contribution in [1.29, 1.82) is 0 Å². The number of hydrogen-bond acceptors (Lipinski definition) is 5. The van der Waals surface area contributed by atoms with Crippen LogP contribution in [0.1, 0.15) is 29.8 Å². The third-order valence-electron chi connectivity index (χ3n) is 3.59. The average Bonchev–Trinajstić information content (AvgIpc) is 2.91. The van der Waals surface area contributed by atoms with Crippen molar-refractivity contribution in [2.75, 3.05) is 0 Å². The first-order valence-corrected chi connectivity index (χ1v) is 9.57. The first-order valence-electron chi connectivity index (χ1n) is 8.35. The van der Waals surface area contributed by atoms with Crippen molar-refractivity contribution in [3.05, 3.63) is 70.6 Å². The van der Waals surface area contributed by atoms with E-state index in [1.165, 1.54) is 0 Å². The van der Waals surface area contributed by atoms with Crippen LogP contribution in [-0.4, -0.2) is 27.2 Å². The zero-order valence-corrected chi connectivity index (χ0v) is 16.5. The molecule has 2 aromatic rings. The molecule has 2 aromatic carbocycles. The molecule has 0 bridgehead atoms. The largest absolute Gasteiger partial charge is 0.491 e. The maximum atomic E-state index is 12.6. The third kappa shape index (κ3) is 4.75. The number of hydrogen-bond donors (Lipinski definition) is 1. The quantitative estimate of drug-likeness (QED) is 0.609. The summed E-state index contributed by atoms with van der Waals surface area (Å²) in [6.45, 7) is 3.92. The lowest BCUT2D eigenvalue weighted by molar-refractivity contribution is -0.123. The molecule has 5 nitrogen and oxygen atoms in total. The molecule has 0 saturated carbocycles. The van der Waals surface area contributed by atoms with Crippen molar-refractivity contribution < 1.29 is 14.3 Å². The molecule has 0 spiro atoms. The van der Waals surface area contributed by atoms with Crippen LogP contribution in [0.25, 0.3) is 6.08 Å². The van der Waals surface area contributed by atoms with Crippen LogP contribution in [-0.2, 0) is 4.79 Å². The second kappa shape index (κ2) is 8.37. The van der Waals surface area contributed by atoms with Crippen LogP contribution in [0, 0.1) is 0 Å². The lowest BCUT2D eigenvalue weighted by Crippen LogP contribution is -2.44. The summed E-state index contributed by atoms with van der Waals surface area (Å²) in [5.74, 6) is 0.0324. The molecule has 0 atom stereocenters. The second-order valence-electron chi connectivity index (χ2n) is 6.06. The first-order chi connectivity index (χ1) is 12.9. The van der Waals surface area contributed by atoms with E-state index in [1.807, 2.05) is 44.2 Å². The highest BCUT2D eigenvalue weighted by atomic mass is 32.2. The second-order valence-corrected chi connectivity index (χ2v) is 7.74. The zero-order valence-electron chi connectivity index (χ0n) is 14.8. The van der Waals surface area contributed by atoms with Gasteiger partial charge < -0.3 is 4.74 Å². The Hall–Kier alpha value is -2.64. The summed E-state index contributed by atoms with van der Waals surface area (Å²) in [7, 11) is 0. The van der Waals surface area contributed by atoms with Crippen molar-refractivity contribution >= 4 is 46.2 Å². The van der Waals surface area contributed by atoms with Gasteiger partial charge in [-0.3, -0.25) is 15.0 Å². The average molecular weight is 399 g/mol. The van der Waals surface area contributed by atoms with Crippen molar-refractivity contribution in [3.8, 4) is 5.75 Å². The molecule has 0 aliphatic carbocycles.